The van der Waals surface area contributed by atoms with Gasteiger partial charge in [0.2, 0.25) is 0 Å². The number of aromatic hydroxyl groups is 1. The predicted octanol–water partition coefficient (Wildman–Crippen LogP) is 3.52. The minimum Gasteiger partial charge on any atom is -0.508 e. The average molecular weight is 318 g/mol. The first kappa shape index (κ1) is 14.2. The van der Waals surface area contributed by atoms with Crippen LogP contribution in [0.15, 0.2) is 28.5 Å². The summed E-state index contributed by atoms with van der Waals surface area (Å²) in [5.74, 6) is 0.0930. The van der Waals surface area contributed by atoms with Crippen LogP contribution in [0.1, 0.15) is 11.1 Å². The number of sulfonamides is 1. The SMILES string of the molecule is Cc1cc(O)ccc1NS(=O)(=O)c1cc(C)c(Cl)s1. The summed E-state index contributed by atoms with van der Waals surface area (Å²) >= 11 is 6.90. The number of phenols is 1. The normalized spacial score (nSPS) is 11.5. The fourth-order valence-electron chi connectivity index (χ4n) is 1.52. The monoisotopic (exact) mass is 317 g/mol. The van der Waals surface area contributed by atoms with Gasteiger partial charge >= 0.3 is 0 Å². The van der Waals surface area contributed by atoms with Crippen LogP contribution in [0.5, 0.6) is 5.75 Å². The fraction of sp³-hybridized carbons (Fsp3) is 0.167. The molecule has 2 aromatic rings. The summed E-state index contributed by atoms with van der Waals surface area (Å²) < 4.78 is 27.5. The molecular formula is C12H12ClNO3S2. The van der Waals surface area contributed by atoms with Crippen molar-refractivity contribution in [2.24, 2.45) is 0 Å². The van der Waals surface area contributed by atoms with Crippen LogP contribution in [-0.2, 0) is 10.0 Å². The second-order valence-electron chi connectivity index (χ2n) is 4.13. The fourth-order valence-corrected chi connectivity index (χ4v) is 4.36. The first-order valence-corrected chi connectivity index (χ1v) is 8.06. The van der Waals surface area contributed by atoms with Crippen molar-refractivity contribution in [1.29, 1.82) is 0 Å². The Hall–Kier alpha value is -1.24. The van der Waals surface area contributed by atoms with Crippen LogP contribution in [0.25, 0.3) is 0 Å². The van der Waals surface area contributed by atoms with Crippen molar-refractivity contribution < 1.29 is 13.5 Å². The Morgan fingerprint density at radius 1 is 1.21 bits per heavy atom. The highest BCUT2D eigenvalue weighted by Gasteiger charge is 2.19. The van der Waals surface area contributed by atoms with Crippen LogP contribution in [0.3, 0.4) is 0 Å². The zero-order chi connectivity index (χ0) is 14.2. The molecule has 7 heteroatoms. The topological polar surface area (TPSA) is 66.4 Å². The number of benzene rings is 1. The molecule has 0 amide bonds. The van der Waals surface area contributed by atoms with E-state index < -0.39 is 10.0 Å². The number of halogens is 1. The van der Waals surface area contributed by atoms with E-state index in [2.05, 4.69) is 4.72 Å². The van der Waals surface area contributed by atoms with Gasteiger partial charge in [-0.1, -0.05) is 11.6 Å². The summed E-state index contributed by atoms with van der Waals surface area (Å²) in [7, 11) is -3.65. The molecule has 0 aliphatic heterocycles. The third-order valence-corrected chi connectivity index (χ3v) is 5.95. The van der Waals surface area contributed by atoms with E-state index in [1.54, 1.807) is 13.8 Å². The molecule has 0 aliphatic carbocycles. The van der Waals surface area contributed by atoms with Crippen LogP contribution in [0.4, 0.5) is 5.69 Å². The summed E-state index contributed by atoms with van der Waals surface area (Å²) in [6.07, 6.45) is 0. The van der Waals surface area contributed by atoms with Crippen LogP contribution in [0.2, 0.25) is 4.34 Å². The highest BCUT2D eigenvalue weighted by molar-refractivity contribution is 7.94. The minimum absolute atomic E-state index is 0.0930. The van der Waals surface area contributed by atoms with Gasteiger partial charge in [0.1, 0.15) is 9.96 Å². The van der Waals surface area contributed by atoms with Crippen molar-refractivity contribution >= 4 is 38.6 Å². The lowest BCUT2D eigenvalue weighted by Gasteiger charge is -2.09. The van der Waals surface area contributed by atoms with Crippen LogP contribution >= 0.6 is 22.9 Å². The number of anilines is 1. The van der Waals surface area contributed by atoms with Crippen molar-refractivity contribution in [1.82, 2.24) is 0 Å². The molecular weight excluding hydrogens is 306 g/mol. The Morgan fingerprint density at radius 2 is 1.89 bits per heavy atom. The van der Waals surface area contributed by atoms with Gasteiger partial charge in [0.25, 0.3) is 10.0 Å². The molecule has 0 atom stereocenters. The van der Waals surface area contributed by atoms with Gasteiger partial charge in [-0.2, -0.15) is 0 Å². The molecule has 0 spiro atoms. The summed E-state index contributed by atoms with van der Waals surface area (Å²) in [6, 6.07) is 5.97. The maximum atomic E-state index is 12.2. The molecule has 0 bridgehead atoms. The van der Waals surface area contributed by atoms with E-state index in [1.165, 1.54) is 24.3 Å². The van der Waals surface area contributed by atoms with E-state index in [1.807, 2.05) is 0 Å². The van der Waals surface area contributed by atoms with Gasteiger partial charge in [-0.25, -0.2) is 8.42 Å². The second kappa shape index (κ2) is 5.03. The molecule has 4 nitrogen and oxygen atoms in total. The molecule has 1 heterocycles. The van der Waals surface area contributed by atoms with Crippen molar-refractivity contribution in [3.63, 3.8) is 0 Å². The van der Waals surface area contributed by atoms with Crippen molar-refractivity contribution in [3.05, 3.63) is 39.7 Å². The Kier molecular flexibility index (Phi) is 3.75. The summed E-state index contributed by atoms with van der Waals surface area (Å²) in [5.41, 5.74) is 1.80. The summed E-state index contributed by atoms with van der Waals surface area (Å²) in [4.78, 5) is 0. The van der Waals surface area contributed by atoms with Crippen LogP contribution in [-0.4, -0.2) is 13.5 Å². The van der Waals surface area contributed by atoms with E-state index in [0.29, 0.717) is 15.6 Å². The number of hydrogen-bond donors (Lipinski definition) is 2. The van der Waals surface area contributed by atoms with Gasteiger partial charge in [0.05, 0.1) is 10.0 Å². The highest BCUT2D eigenvalue weighted by Crippen LogP contribution is 2.32. The first-order valence-electron chi connectivity index (χ1n) is 5.38. The molecule has 19 heavy (non-hydrogen) atoms. The lowest BCUT2D eigenvalue weighted by Crippen LogP contribution is -2.12. The molecule has 1 aromatic heterocycles. The Labute approximate surface area is 120 Å². The molecule has 1 aromatic carbocycles. The lowest BCUT2D eigenvalue weighted by molar-refractivity contribution is 0.475. The molecule has 0 saturated heterocycles. The largest absolute Gasteiger partial charge is 0.508 e. The molecule has 102 valence electrons. The molecule has 0 fully saturated rings. The van der Waals surface area contributed by atoms with Gasteiger partial charge < -0.3 is 5.11 Å². The number of phenolic OH excluding ortho intramolecular Hbond substituents is 1. The number of aryl methyl sites for hydroxylation is 2. The summed E-state index contributed by atoms with van der Waals surface area (Å²) in [6.45, 7) is 3.47. The lowest BCUT2D eigenvalue weighted by atomic mass is 10.2. The van der Waals surface area contributed by atoms with Crippen LogP contribution in [0, 0.1) is 13.8 Å². The molecule has 2 N–H and O–H groups in total. The van der Waals surface area contributed by atoms with Gasteiger partial charge in [0, 0.05) is 0 Å². The predicted molar refractivity (Wildman–Crippen MR) is 77.7 cm³/mol. The first-order chi connectivity index (χ1) is 8.79. The van der Waals surface area contributed by atoms with Gasteiger partial charge in [-0.3, -0.25) is 4.72 Å². The van der Waals surface area contributed by atoms with E-state index >= 15 is 0 Å². The quantitative estimate of drug-likeness (QED) is 0.851. The van der Waals surface area contributed by atoms with Crippen LogP contribution < -0.4 is 4.72 Å². The smallest absolute Gasteiger partial charge is 0.271 e. The third kappa shape index (κ3) is 3.02. The van der Waals surface area contributed by atoms with Gasteiger partial charge in [-0.15, -0.1) is 11.3 Å². The maximum Gasteiger partial charge on any atom is 0.271 e. The minimum atomic E-state index is -3.65. The number of rotatable bonds is 3. The Bertz CT molecular complexity index is 703. The zero-order valence-corrected chi connectivity index (χ0v) is 12.7. The van der Waals surface area contributed by atoms with E-state index in [-0.39, 0.29) is 9.96 Å². The Balaban J connectivity index is 2.36. The molecule has 0 aliphatic rings. The summed E-state index contributed by atoms with van der Waals surface area (Å²) in [5, 5.41) is 9.30. The molecule has 0 unspecified atom stereocenters. The van der Waals surface area contributed by atoms with Crippen molar-refractivity contribution in [3.8, 4) is 5.75 Å². The average Bonchev–Trinajstić information content (AvgIpc) is 2.64. The number of hydrogen-bond acceptors (Lipinski definition) is 4. The van der Waals surface area contributed by atoms with Gasteiger partial charge in [-0.05, 0) is 49.2 Å². The van der Waals surface area contributed by atoms with E-state index in [4.69, 9.17) is 11.6 Å². The van der Waals surface area contributed by atoms with Crippen molar-refractivity contribution in [2.75, 3.05) is 4.72 Å². The zero-order valence-electron chi connectivity index (χ0n) is 10.3. The molecule has 2 rings (SSSR count). The molecule has 0 saturated carbocycles. The maximum absolute atomic E-state index is 12.2. The molecule has 0 radical (unpaired) electrons. The third-order valence-electron chi connectivity index (χ3n) is 2.55. The van der Waals surface area contributed by atoms with E-state index in [0.717, 1.165) is 16.9 Å². The Morgan fingerprint density at radius 3 is 2.42 bits per heavy atom. The van der Waals surface area contributed by atoms with Crippen molar-refractivity contribution in [2.45, 2.75) is 18.1 Å². The number of nitrogens with one attached hydrogen (secondary N) is 1. The van der Waals surface area contributed by atoms with Gasteiger partial charge in [0.15, 0.2) is 0 Å². The second-order valence-corrected chi connectivity index (χ2v) is 7.69. The number of thiophene rings is 1. The standard InChI is InChI=1S/C12H12ClNO3S2/c1-7-5-9(15)3-4-10(7)14-19(16,17)11-6-8(2)12(13)18-11/h3-6,14-15H,1-2H3. The highest BCUT2D eigenvalue weighted by atomic mass is 35.5. The van der Waals surface area contributed by atoms with E-state index in [9.17, 15) is 13.5 Å².